The maximum absolute atomic E-state index is 13.9. The number of aldehydes is 1. The maximum Gasteiger partial charge on any atom is 0.254 e. The molecule has 2 rings (SSSR count). The standard InChI is InChI=1S/C15H13FIN3O3/c16-12-5-9(17)1-2-13(12)20-14-6-18-4-3-11(14)15(23)19-10(7-21)8-22/h1-7,10,20,22H,8H2,(H,19,23)/t10-/m1/s1. The van der Waals surface area contributed by atoms with Gasteiger partial charge in [0.2, 0.25) is 0 Å². The van der Waals surface area contributed by atoms with E-state index in [2.05, 4.69) is 15.6 Å². The average Bonchev–Trinajstić information content (AvgIpc) is 2.55. The number of aliphatic hydroxyl groups is 1. The fourth-order valence-electron chi connectivity index (χ4n) is 1.80. The molecule has 0 fully saturated rings. The first-order valence-corrected chi connectivity index (χ1v) is 7.66. The zero-order chi connectivity index (χ0) is 16.8. The van der Waals surface area contributed by atoms with Crippen molar-refractivity contribution >= 4 is 46.2 Å². The molecule has 1 atom stereocenters. The highest BCUT2D eigenvalue weighted by molar-refractivity contribution is 14.1. The zero-order valence-corrected chi connectivity index (χ0v) is 14.0. The summed E-state index contributed by atoms with van der Waals surface area (Å²) in [6.45, 7) is -0.505. The first-order valence-electron chi connectivity index (χ1n) is 6.58. The van der Waals surface area contributed by atoms with E-state index in [-0.39, 0.29) is 16.9 Å². The van der Waals surface area contributed by atoms with Crippen LogP contribution in [0.4, 0.5) is 15.8 Å². The second kappa shape index (κ2) is 7.97. The quantitative estimate of drug-likeness (QED) is 0.482. The van der Waals surface area contributed by atoms with Crippen molar-refractivity contribution in [1.82, 2.24) is 10.3 Å². The van der Waals surface area contributed by atoms with Gasteiger partial charge in [0.1, 0.15) is 18.1 Å². The molecule has 0 aliphatic rings. The number of nitrogens with zero attached hydrogens (tertiary/aromatic N) is 1. The van der Waals surface area contributed by atoms with Crippen molar-refractivity contribution in [3.63, 3.8) is 0 Å². The van der Waals surface area contributed by atoms with E-state index in [0.29, 0.717) is 6.29 Å². The Balaban J connectivity index is 2.26. The van der Waals surface area contributed by atoms with E-state index in [4.69, 9.17) is 5.11 Å². The smallest absolute Gasteiger partial charge is 0.254 e. The minimum Gasteiger partial charge on any atom is -0.394 e. The lowest BCUT2D eigenvalue weighted by molar-refractivity contribution is -0.110. The van der Waals surface area contributed by atoms with Crippen LogP contribution in [-0.4, -0.2) is 34.9 Å². The lowest BCUT2D eigenvalue weighted by Crippen LogP contribution is -2.38. The van der Waals surface area contributed by atoms with Crippen LogP contribution in [0.1, 0.15) is 10.4 Å². The number of anilines is 2. The molecule has 0 spiro atoms. The van der Waals surface area contributed by atoms with E-state index in [9.17, 15) is 14.0 Å². The molecule has 8 heteroatoms. The molecule has 0 bridgehead atoms. The van der Waals surface area contributed by atoms with Crippen molar-refractivity contribution in [2.45, 2.75) is 6.04 Å². The third-order valence-corrected chi connectivity index (χ3v) is 3.61. The Morgan fingerprint density at radius 2 is 2.17 bits per heavy atom. The Labute approximate surface area is 145 Å². The number of carbonyl (C=O) groups excluding carboxylic acids is 2. The summed E-state index contributed by atoms with van der Waals surface area (Å²) < 4.78 is 14.7. The van der Waals surface area contributed by atoms with Gasteiger partial charge in [0.05, 0.1) is 29.7 Å². The highest BCUT2D eigenvalue weighted by atomic mass is 127. The van der Waals surface area contributed by atoms with Crippen LogP contribution in [0.3, 0.4) is 0 Å². The first-order chi connectivity index (χ1) is 11.0. The van der Waals surface area contributed by atoms with Crippen LogP contribution < -0.4 is 10.6 Å². The molecule has 1 aromatic heterocycles. The van der Waals surface area contributed by atoms with Gasteiger partial charge in [-0.3, -0.25) is 9.78 Å². The molecular formula is C15H13FIN3O3. The molecule has 6 nitrogen and oxygen atoms in total. The number of hydrogen-bond acceptors (Lipinski definition) is 5. The van der Waals surface area contributed by atoms with Gasteiger partial charge in [-0.2, -0.15) is 0 Å². The number of halogens is 2. The molecule has 120 valence electrons. The molecule has 0 radical (unpaired) electrons. The van der Waals surface area contributed by atoms with E-state index in [0.717, 1.165) is 3.57 Å². The van der Waals surface area contributed by atoms with E-state index >= 15 is 0 Å². The van der Waals surface area contributed by atoms with Crippen LogP contribution in [0.2, 0.25) is 0 Å². The van der Waals surface area contributed by atoms with Gasteiger partial charge in [0, 0.05) is 9.77 Å². The molecule has 1 aromatic carbocycles. The number of benzene rings is 1. The van der Waals surface area contributed by atoms with Crippen LogP contribution in [0.25, 0.3) is 0 Å². The zero-order valence-electron chi connectivity index (χ0n) is 11.8. The topological polar surface area (TPSA) is 91.3 Å². The normalized spacial score (nSPS) is 11.6. The molecule has 0 aliphatic heterocycles. The summed E-state index contributed by atoms with van der Waals surface area (Å²) in [5.41, 5.74) is 0.660. The number of carbonyl (C=O) groups is 2. The van der Waals surface area contributed by atoms with Gasteiger partial charge >= 0.3 is 0 Å². The molecule has 3 N–H and O–H groups in total. The average molecular weight is 429 g/mol. The minimum absolute atomic E-state index is 0.179. The van der Waals surface area contributed by atoms with Crippen molar-refractivity contribution in [2.24, 2.45) is 0 Å². The second-order valence-electron chi connectivity index (χ2n) is 4.57. The molecule has 0 unspecified atom stereocenters. The number of pyridine rings is 1. The van der Waals surface area contributed by atoms with Crippen LogP contribution >= 0.6 is 22.6 Å². The van der Waals surface area contributed by atoms with E-state index < -0.39 is 24.4 Å². The number of hydrogen-bond donors (Lipinski definition) is 3. The highest BCUT2D eigenvalue weighted by Crippen LogP contribution is 2.23. The molecule has 0 saturated heterocycles. The largest absolute Gasteiger partial charge is 0.394 e. The summed E-state index contributed by atoms with van der Waals surface area (Å²) in [4.78, 5) is 26.8. The molecular weight excluding hydrogens is 416 g/mol. The van der Waals surface area contributed by atoms with Crippen molar-refractivity contribution in [3.05, 3.63) is 51.6 Å². The number of amides is 1. The van der Waals surface area contributed by atoms with Crippen LogP contribution in [0.5, 0.6) is 0 Å². The van der Waals surface area contributed by atoms with Gasteiger partial charge < -0.3 is 20.5 Å². The van der Waals surface area contributed by atoms with Gasteiger partial charge in [-0.15, -0.1) is 0 Å². The molecule has 1 amide bonds. The Bertz CT molecular complexity index is 727. The Kier molecular flexibility index (Phi) is 5.99. The van der Waals surface area contributed by atoms with Gasteiger partial charge in [0.15, 0.2) is 0 Å². The van der Waals surface area contributed by atoms with E-state index in [1.165, 1.54) is 24.5 Å². The number of rotatable bonds is 6. The molecule has 0 saturated carbocycles. The fourth-order valence-corrected chi connectivity index (χ4v) is 2.25. The summed E-state index contributed by atoms with van der Waals surface area (Å²) in [7, 11) is 0. The van der Waals surface area contributed by atoms with Gasteiger partial charge in [-0.05, 0) is 46.9 Å². The first kappa shape index (κ1) is 17.3. The van der Waals surface area contributed by atoms with Crippen molar-refractivity contribution < 1.29 is 19.1 Å². The van der Waals surface area contributed by atoms with Crippen LogP contribution in [0, 0.1) is 9.39 Å². The highest BCUT2D eigenvalue weighted by Gasteiger charge is 2.16. The Hall–Kier alpha value is -2.07. The van der Waals surface area contributed by atoms with Crippen LogP contribution in [0.15, 0.2) is 36.7 Å². The van der Waals surface area contributed by atoms with E-state index in [1.807, 2.05) is 22.6 Å². The summed E-state index contributed by atoms with van der Waals surface area (Å²) in [6, 6.07) is 5.05. The van der Waals surface area contributed by atoms with Gasteiger partial charge in [-0.1, -0.05) is 0 Å². The van der Waals surface area contributed by atoms with Crippen LogP contribution in [-0.2, 0) is 4.79 Å². The molecule has 23 heavy (non-hydrogen) atoms. The third kappa shape index (κ3) is 4.45. The third-order valence-electron chi connectivity index (χ3n) is 2.94. The van der Waals surface area contributed by atoms with Crippen molar-refractivity contribution in [3.8, 4) is 0 Å². The van der Waals surface area contributed by atoms with E-state index in [1.54, 1.807) is 12.1 Å². The molecule has 1 heterocycles. The van der Waals surface area contributed by atoms with Crippen molar-refractivity contribution in [2.75, 3.05) is 11.9 Å². The second-order valence-corrected chi connectivity index (χ2v) is 5.81. The monoisotopic (exact) mass is 429 g/mol. The number of aliphatic hydroxyl groups excluding tert-OH is 1. The number of nitrogens with one attached hydrogen (secondary N) is 2. The summed E-state index contributed by atoms with van der Waals surface area (Å²) in [5, 5.41) is 14.1. The number of aromatic nitrogens is 1. The lowest BCUT2D eigenvalue weighted by Gasteiger charge is -2.14. The predicted octanol–water partition coefficient (Wildman–Crippen LogP) is 1.86. The molecule has 2 aromatic rings. The Morgan fingerprint density at radius 3 is 2.83 bits per heavy atom. The SMILES string of the molecule is O=C[C@H](CO)NC(=O)c1ccncc1Nc1ccc(I)cc1F. The van der Waals surface area contributed by atoms with Crippen molar-refractivity contribution in [1.29, 1.82) is 0 Å². The van der Waals surface area contributed by atoms with Gasteiger partial charge in [-0.25, -0.2) is 4.39 Å². The summed E-state index contributed by atoms with van der Waals surface area (Å²) in [5.74, 6) is -1.04. The maximum atomic E-state index is 13.9. The molecule has 0 aliphatic carbocycles. The predicted molar refractivity (Wildman–Crippen MR) is 91.0 cm³/mol. The summed E-state index contributed by atoms with van der Waals surface area (Å²) >= 11 is 1.99. The van der Waals surface area contributed by atoms with Gasteiger partial charge in [0.25, 0.3) is 5.91 Å². The summed E-state index contributed by atoms with van der Waals surface area (Å²) in [6.07, 6.45) is 3.21. The minimum atomic E-state index is -1.00. The lowest BCUT2D eigenvalue weighted by atomic mass is 10.2. The Morgan fingerprint density at radius 1 is 1.39 bits per heavy atom. The fraction of sp³-hybridized carbons (Fsp3) is 0.133.